The number of nitrogens with one attached hydrogen (secondary N) is 2. The number of carbonyl (C=O) groups excluding carboxylic acids is 1. The Morgan fingerprint density at radius 1 is 1.07 bits per heavy atom. The van der Waals surface area contributed by atoms with Gasteiger partial charge in [-0.05, 0) is 42.9 Å². The Hall–Kier alpha value is -2.09. The lowest BCUT2D eigenvalue weighted by Crippen LogP contribution is -2.41. The average Bonchev–Trinajstić information content (AvgIpc) is 3.44. The Labute approximate surface area is 196 Å². The van der Waals surface area contributed by atoms with E-state index in [0.717, 1.165) is 44.1 Å². The molecule has 30 heavy (non-hydrogen) atoms. The van der Waals surface area contributed by atoms with Crippen molar-refractivity contribution in [2.24, 2.45) is 4.99 Å². The predicted octanol–water partition coefficient (Wildman–Crippen LogP) is 3.87. The fourth-order valence-corrected chi connectivity index (χ4v) is 4.16. The van der Waals surface area contributed by atoms with Crippen molar-refractivity contribution in [3.05, 3.63) is 65.7 Å². The first kappa shape index (κ1) is 22.6. The first-order chi connectivity index (χ1) is 14.2. The van der Waals surface area contributed by atoms with Crippen LogP contribution < -0.4 is 15.5 Å². The van der Waals surface area contributed by atoms with Gasteiger partial charge in [0, 0.05) is 44.2 Å². The molecule has 2 aromatic carbocycles. The molecule has 0 bridgehead atoms. The summed E-state index contributed by atoms with van der Waals surface area (Å²) < 4.78 is 0. The summed E-state index contributed by atoms with van der Waals surface area (Å²) in [5, 5.41) is 6.82. The van der Waals surface area contributed by atoms with Crippen molar-refractivity contribution in [3.63, 3.8) is 0 Å². The van der Waals surface area contributed by atoms with E-state index in [1.54, 1.807) is 7.05 Å². The van der Waals surface area contributed by atoms with Gasteiger partial charge in [-0.1, -0.05) is 48.5 Å². The van der Waals surface area contributed by atoms with E-state index in [0.29, 0.717) is 6.42 Å². The number of fused-ring (bicyclic) bond motifs is 1. The van der Waals surface area contributed by atoms with Crippen LogP contribution in [0.15, 0.2) is 59.6 Å². The number of nitrogens with zero attached hydrogens (tertiary/aromatic N) is 2. The first-order valence-electron chi connectivity index (χ1n) is 10.6. The van der Waals surface area contributed by atoms with E-state index in [4.69, 9.17) is 0 Å². The number of aliphatic imine (C=N–C) groups is 1. The van der Waals surface area contributed by atoms with Crippen LogP contribution in [0.4, 0.5) is 5.69 Å². The zero-order valence-corrected chi connectivity index (χ0v) is 19.9. The molecule has 0 aromatic heterocycles. The summed E-state index contributed by atoms with van der Waals surface area (Å²) in [5.41, 5.74) is 4.01. The van der Waals surface area contributed by atoms with Gasteiger partial charge in [0.15, 0.2) is 5.96 Å². The van der Waals surface area contributed by atoms with Crippen LogP contribution in [0, 0.1) is 0 Å². The number of amides is 1. The number of halogens is 1. The standard InChI is InChI=1S/C24H30N4O.HI/c1-25-23(27-18-24(14-15-24)20-9-3-2-4-10-20)26-16-7-12-22(29)28-17-13-19-8-5-6-11-21(19)28;/h2-6,8-11H,7,12-18H2,1H3,(H2,25,26,27);1H. The number of carbonyl (C=O) groups is 1. The van der Waals surface area contributed by atoms with Crippen LogP contribution in [0.1, 0.15) is 36.8 Å². The Morgan fingerprint density at radius 2 is 1.80 bits per heavy atom. The Balaban J connectivity index is 0.00000256. The van der Waals surface area contributed by atoms with Crippen molar-refractivity contribution in [3.8, 4) is 0 Å². The maximum atomic E-state index is 12.6. The van der Waals surface area contributed by atoms with Crippen LogP contribution in [-0.2, 0) is 16.6 Å². The molecule has 1 aliphatic carbocycles. The van der Waals surface area contributed by atoms with Crippen LogP contribution in [0.5, 0.6) is 0 Å². The van der Waals surface area contributed by atoms with Crippen molar-refractivity contribution in [2.45, 2.75) is 37.5 Å². The zero-order chi connectivity index (χ0) is 20.1. The van der Waals surface area contributed by atoms with E-state index >= 15 is 0 Å². The molecule has 2 aromatic rings. The fourth-order valence-electron chi connectivity index (χ4n) is 4.16. The van der Waals surface area contributed by atoms with E-state index in [1.807, 2.05) is 23.1 Å². The SMILES string of the molecule is CN=C(NCCCC(=O)N1CCc2ccccc21)NCC1(c2ccccc2)CC1.I. The van der Waals surface area contributed by atoms with Crippen LogP contribution in [0.25, 0.3) is 0 Å². The molecule has 2 aliphatic rings. The van der Waals surface area contributed by atoms with Gasteiger partial charge in [-0.3, -0.25) is 9.79 Å². The molecule has 0 unspecified atom stereocenters. The summed E-state index contributed by atoms with van der Waals surface area (Å²) in [6, 6.07) is 18.9. The molecule has 1 amide bonds. The highest BCUT2D eigenvalue weighted by Crippen LogP contribution is 2.47. The molecule has 1 aliphatic heterocycles. The molecule has 0 radical (unpaired) electrons. The van der Waals surface area contributed by atoms with Crippen LogP contribution in [-0.4, -0.2) is 38.5 Å². The van der Waals surface area contributed by atoms with Gasteiger partial charge >= 0.3 is 0 Å². The van der Waals surface area contributed by atoms with Gasteiger partial charge in [-0.15, -0.1) is 24.0 Å². The summed E-state index contributed by atoms with van der Waals surface area (Å²) in [4.78, 5) is 18.9. The normalized spacial score (nSPS) is 16.4. The number of hydrogen-bond acceptors (Lipinski definition) is 2. The van der Waals surface area contributed by atoms with Crippen molar-refractivity contribution in [2.75, 3.05) is 31.6 Å². The number of benzene rings is 2. The first-order valence-corrected chi connectivity index (χ1v) is 10.6. The van der Waals surface area contributed by atoms with Crippen molar-refractivity contribution >= 4 is 41.5 Å². The molecule has 1 saturated carbocycles. The minimum Gasteiger partial charge on any atom is -0.356 e. The van der Waals surface area contributed by atoms with Crippen LogP contribution >= 0.6 is 24.0 Å². The number of anilines is 1. The molecule has 5 nitrogen and oxygen atoms in total. The minimum absolute atomic E-state index is 0. The predicted molar refractivity (Wildman–Crippen MR) is 134 cm³/mol. The summed E-state index contributed by atoms with van der Waals surface area (Å²) >= 11 is 0. The van der Waals surface area contributed by atoms with Gasteiger partial charge in [0.25, 0.3) is 0 Å². The molecule has 0 atom stereocenters. The lowest BCUT2D eigenvalue weighted by Gasteiger charge is -2.19. The lowest BCUT2D eigenvalue weighted by atomic mass is 9.96. The molecule has 0 spiro atoms. The molecule has 6 heteroatoms. The summed E-state index contributed by atoms with van der Waals surface area (Å²) in [5.74, 6) is 1.02. The topological polar surface area (TPSA) is 56.7 Å². The third-order valence-electron chi connectivity index (χ3n) is 6.11. The Bertz CT molecular complexity index is 880. The second-order valence-electron chi connectivity index (χ2n) is 8.03. The third-order valence-corrected chi connectivity index (χ3v) is 6.11. The van der Waals surface area contributed by atoms with E-state index in [9.17, 15) is 4.79 Å². The molecular formula is C24H31IN4O. The molecular weight excluding hydrogens is 487 g/mol. The summed E-state index contributed by atoms with van der Waals surface area (Å²) in [6.45, 7) is 2.43. The summed E-state index contributed by atoms with van der Waals surface area (Å²) in [6.07, 6.45) is 4.73. The van der Waals surface area contributed by atoms with E-state index in [2.05, 4.69) is 52.0 Å². The molecule has 1 heterocycles. The third kappa shape index (κ3) is 5.14. The molecule has 1 fully saturated rings. The number of hydrogen-bond donors (Lipinski definition) is 2. The highest BCUT2D eigenvalue weighted by atomic mass is 127. The fraction of sp³-hybridized carbons (Fsp3) is 0.417. The number of rotatable bonds is 7. The van der Waals surface area contributed by atoms with Crippen molar-refractivity contribution in [1.29, 1.82) is 0 Å². The van der Waals surface area contributed by atoms with Gasteiger partial charge in [0.2, 0.25) is 5.91 Å². The minimum atomic E-state index is 0. The quantitative estimate of drug-likeness (QED) is 0.253. The summed E-state index contributed by atoms with van der Waals surface area (Å²) in [7, 11) is 1.80. The van der Waals surface area contributed by atoms with Crippen molar-refractivity contribution < 1.29 is 4.79 Å². The van der Waals surface area contributed by atoms with Gasteiger partial charge in [-0.25, -0.2) is 0 Å². The second-order valence-corrected chi connectivity index (χ2v) is 8.03. The van der Waals surface area contributed by atoms with E-state index in [1.165, 1.54) is 24.0 Å². The smallest absolute Gasteiger partial charge is 0.227 e. The maximum Gasteiger partial charge on any atom is 0.227 e. The van der Waals surface area contributed by atoms with Gasteiger partial charge in [0.1, 0.15) is 0 Å². The maximum absolute atomic E-state index is 12.6. The number of para-hydroxylation sites is 1. The monoisotopic (exact) mass is 518 g/mol. The highest BCUT2D eigenvalue weighted by molar-refractivity contribution is 14.0. The second kappa shape index (κ2) is 10.3. The molecule has 2 N–H and O–H groups in total. The lowest BCUT2D eigenvalue weighted by molar-refractivity contribution is -0.118. The van der Waals surface area contributed by atoms with Crippen molar-refractivity contribution in [1.82, 2.24) is 10.6 Å². The van der Waals surface area contributed by atoms with Crippen LogP contribution in [0.2, 0.25) is 0 Å². The van der Waals surface area contributed by atoms with Gasteiger partial charge in [-0.2, -0.15) is 0 Å². The average molecular weight is 518 g/mol. The van der Waals surface area contributed by atoms with Gasteiger partial charge in [0.05, 0.1) is 0 Å². The Morgan fingerprint density at radius 3 is 2.53 bits per heavy atom. The number of guanidine groups is 1. The highest BCUT2D eigenvalue weighted by Gasteiger charge is 2.43. The largest absolute Gasteiger partial charge is 0.356 e. The Kier molecular flexibility index (Phi) is 7.75. The zero-order valence-electron chi connectivity index (χ0n) is 17.6. The van der Waals surface area contributed by atoms with Crippen LogP contribution in [0.3, 0.4) is 0 Å². The van der Waals surface area contributed by atoms with E-state index < -0.39 is 0 Å². The molecule has 4 rings (SSSR count). The molecule has 0 saturated heterocycles. The van der Waals surface area contributed by atoms with Gasteiger partial charge < -0.3 is 15.5 Å². The molecule has 160 valence electrons. The van der Waals surface area contributed by atoms with E-state index in [-0.39, 0.29) is 35.3 Å².